The minimum Gasteiger partial charge on any atom is -0.452 e. The van der Waals surface area contributed by atoms with E-state index < -0.39 is 0 Å². The first-order valence-electron chi connectivity index (χ1n) is 37.0. The monoisotopic (exact) mass is 1430 g/mol. The van der Waals surface area contributed by atoms with Crippen LogP contribution in [0.5, 0.6) is 0 Å². The summed E-state index contributed by atoms with van der Waals surface area (Å²) >= 11 is 0. The van der Waals surface area contributed by atoms with Crippen molar-refractivity contribution in [3.63, 3.8) is 0 Å². The number of nitrogens with zero attached hydrogens (tertiary/aromatic N) is 10. The van der Waals surface area contributed by atoms with Crippen LogP contribution in [0.1, 0.15) is 0 Å². The summed E-state index contributed by atoms with van der Waals surface area (Å²) in [6.45, 7) is 0. The summed E-state index contributed by atoms with van der Waals surface area (Å²) < 4.78 is 13.4. The number of pyridine rings is 2. The first-order chi connectivity index (χ1) is 55.4. The molecule has 0 aliphatic carbocycles. The van der Waals surface area contributed by atoms with Crippen molar-refractivity contribution >= 4 is 65.7 Å². The molecule has 8 aromatic heterocycles. The van der Waals surface area contributed by atoms with E-state index >= 15 is 0 Å². The Morgan fingerprint density at radius 3 is 1.08 bits per heavy atom. The Labute approximate surface area is 643 Å². The maximum absolute atomic E-state index is 6.76. The zero-order valence-electron chi connectivity index (χ0n) is 60.1. The Morgan fingerprint density at radius 1 is 0.196 bits per heavy atom. The van der Waals surface area contributed by atoms with Crippen molar-refractivity contribution in [2.75, 3.05) is 0 Å². The van der Waals surface area contributed by atoms with Crippen molar-refractivity contribution in [3.05, 3.63) is 377 Å². The summed E-state index contributed by atoms with van der Waals surface area (Å²) in [7, 11) is 0. The van der Waals surface area contributed by atoms with E-state index in [9.17, 15) is 0 Å². The average Bonchev–Trinajstić information content (AvgIpc) is 1.73. The van der Waals surface area contributed by atoms with Gasteiger partial charge in [0.1, 0.15) is 33.6 Å². The molecule has 524 valence electrons. The van der Waals surface area contributed by atoms with E-state index in [0.29, 0.717) is 34.5 Å². The zero-order valence-corrected chi connectivity index (χ0v) is 60.1. The van der Waals surface area contributed by atoms with Gasteiger partial charge in [0.2, 0.25) is 0 Å². The highest BCUT2D eigenvalue weighted by Crippen LogP contribution is 2.44. The second-order valence-electron chi connectivity index (χ2n) is 27.5. The molecule has 21 rings (SSSR count). The molecule has 0 N–H and O–H groups in total. The van der Waals surface area contributed by atoms with Gasteiger partial charge in [-0.25, -0.2) is 39.9 Å². The molecule has 8 heterocycles. The number of benzene rings is 13. The molecule has 12 heteroatoms. The normalized spacial score (nSPS) is 11.4. The smallest absolute Gasteiger partial charge is 0.180 e. The van der Waals surface area contributed by atoms with Crippen LogP contribution in [0.25, 0.3) is 212 Å². The van der Waals surface area contributed by atoms with Crippen LogP contribution < -0.4 is 0 Å². The van der Waals surface area contributed by atoms with Gasteiger partial charge in [-0.05, 0) is 134 Å². The standard InChI is InChI=1S/C54H34N4O.C46H28N6O/c1-5-15-35(16-6-1)42-31-43(36-17-7-2-8-18-36)33-44(32-42)50-52-51(49-45-24-14-13-19-37(45)29-30-48(49)59-52)58-54(57-50)41-27-25-40(26-28-41)53-55-46(38-20-9-3-10-21-38)34-47(56-53)39-22-11-4-12-23-39;1-2-9-29(10-3-1)32-13-6-14-35(23-32)42-44-43(38-24-33-11-4-5-12-34(33)25-41(38)53-44)52-46(51-42)31-19-17-30(18-20-31)45-49-39(36-15-7-21-47-27-36)26-40(50-45)37-16-8-22-48-28-37/h1-34H;1-28H. The van der Waals surface area contributed by atoms with E-state index in [0.717, 1.165) is 178 Å². The molecule has 13 aromatic carbocycles. The molecule has 12 nitrogen and oxygen atoms in total. The van der Waals surface area contributed by atoms with E-state index in [-0.39, 0.29) is 0 Å². The van der Waals surface area contributed by atoms with Crippen molar-refractivity contribution < 1.29 is 8.83 Å². The molecule has 112 heavy (non-hydrogen) atoms. The fraction of sp³-hybridized carbons (Fsp3) is 0. The van der Waals surface area contributed by atoms with Crippen LogP contribution in [0.4, 0.5) is 0 Å². The molecule has 0 spiro atoms. The first-order valence-corrected chi connectivity index (χ1v) is 37.0. The second-order valence-corrected chi connectivity index (χ2v) is 27.5. The average molecular weight is 1440 g/mol. The van der Waals surface area contributed by atoms with Gasteiger partial charge in [-0.2, -0.15) is 0 Å². The zero-order chi connectivity index (χ0) is 74.3. The first kappa shape index (κ1) is 66.1. The number of fused-ring (bicyclic) bond motifs is 9. The van der Waals surface area contributed by atoms with Crippen LogP contribution in [-0.4, -0.2) is 49.8 Å². The minimum atomic E-state index is 0.597. The molecular formula is C100H62N10O2. The third-order valence-electron chi connectivity index (χ3n) is 20.4. The van der Waals surface area contributed by atoms with E-state index in [1.165, 1.54) is 0 Å². The largest absolute Gasteiger partial charge is 0.452 e. The van der Waals surface area contributed by atoms with Crippen LogP contribution in [0.15, 0.2) is 385 Å². The highest BCUT2D eigenvalue weighted by Gasteiger charge is 2.24. The summed E-state index contributed by atoms with van der Waals surface area (Å²) in [5.74, 6) is 2.44. The fourth-order valence-corrected chi connectivity index (χ4v) is 14.7. The van der Waals surface area contributed by atoms with Gasteiger partial charge in [-0.15, -0.1) is 0 Å². The highest BCUT2D eigenvalue weighted by atomic mass is 16.3. The van der Waals surface area contributed by atoms with Gasteiger partial charge in [0.15, 0.2) is 34.5 Å². The van der Waals surface area contributed by atoms with Gasteiger partial charge in [-0.3, -0.25) is 9.97 Å². The van der Waals surface area contributed by atoms with Gasteiger partial charge in [0, 0.05) is 85.8 Å². The van der Waals surface area contributed by atoms with Gasteiger partial charge < -0.3 is 8.83 Å². The summed E-state index contributed by atoms with van der Waals surface area (Å²) in [4.78, 5) is 49.7. The lowest BCUT2D eigenvalue weighted by Gasteiger charge is -2.12. The Morgan fingerprint density at radius 2 is 0.571 bits per heavy atom. The highest BCUT2D eigenvalue weighted by molar-refractivity contribution is 6.19. The molecule has 21 aromatic rings. The predicted molar refractivity (Wildman–Crippen MR) is 451 cm³/mol. The van der Waals surface area contributed by atoms with E-state index in [2.05, 4.69) is 240 Å². The molecule has 0 aliphatic heterocycles. The quantitative estimate of drug-likeness (QED) is 0.108. The maximum atomic E-state index is 6.76. The molecule has 0 saturated carbocycles. The molecule has 0 radical (unpaired) electrons. The number of furan rings is 2. The van der Waals surface area contributed by atoms with E-state index in [1.807, 2.05) is 134 Å². The third-order valence-corrected chi connectivity index (χ3v) is 20.4. The van der Waals surface area contributed by atoms with Gasteiger partial charge in [-0.1, -0.05) is 273 Å². The Bertz CT molecular complexity index is 6900. The lowest BCUT2D eigenvalue weighted by atomic mass is 9.94. The van der Waals surface area contributed by atoms with Crippen LogP contribution in [0.2, 0.25) is 0 Å². The SMILES string of the molecule is c1ccc(-c2cc(-c3ccccc3)cc(-c3nc(-c4ccc(-c5nc(-c6ccccc6)cc(-c6ccccc6)n5)cc4)nc4c3oc3ccc5ccccc5c34)c2)cc1.c1ccc(-c2cccc(-c3nc(-c4ccc(-c5nc(-c6cccnc6)cc(-c6cccnc6)n5)cc4)nc4c3oc3cc5ccccc5cc34)c2)cc1. The van der Waals surface area contributed by atoms with Crippen molar-refractivity contribution in [2.24, 2.45) is 0 Å². The van der Waals surface area contributed by atoms with Crippen LogP contribution in [-0.2, 0) is 0 Å². The van der Waals surface area contributed by atoms with E-state index in [1.54, 1.807) is 12.4 Å². The molecule has 0 aliphatic rings. The third kappa shape index (κ3) is 12.9. The summed E-state index contributed by atoms with van der Waals surface area (Å²) in [5.41, 5.74) is 25.1. The fourth-order valence-electron chi connectivity index (χ4n) is 14.7. The lowest BCUT2D eigenvalue weighted by Crippen LogP contribution is -1.97. The summed E-state index contributed by atoms with van der Waals surface area (Å²) in [6.07, 6.45) is 7.13. The van der Waals surface area contributed by atoms with Crippen molar-refractivity contribution in [3.8, 4) is 146 Å². The molecule has 0 atom stereocenters. The number of aromatic nitrogens is 10. The van der Waals surface area contributed by atoms with Crippen LogP contribution >= 0.6 is 0 Å². The molecule has 0 fully saturated rings. The Hall–Kier alpha value is -15.4. The van der Waals surface area contributed by atoms with Gasteiger partial charge in [0.25, 0.3) is 0 Å². The molecular weight excluding hydrogens is 1370 g/mol. The topological polar surface area (TPSA) is 155 Å². The summed E-state index contributed by atoms with van der Waals surface area (Å²) in [6, 6.07) is 120. The number of hydrogen-bond donors (Lipinski definition) is 0. The Kier molecular flexibility index (Phi) is 16.9. The van der Waals surface area contributed by atoms with Gasteiger partial charge >= 0.3 is 0 Å². The van der Waals surface area contributed by atoms with Crippen LogP contribution in [0, 0.1) is 0 Å². The predicted octanol–water partition coefficient (Wildman–Crippen LogP) is 25.1. The van der Waals surface area contributed by atoms with Crippen molar-refractivity contribution in [2.45, 2.75) is 0 Å². The lowest BCUT2D eigenvalue weighted by molar-refractivity contribution is 0.667. The number of rotatable bonds is 13. The van der Waals surface area contributed by atoms with Crippen molar-refractivity contribution in [1.29, 1.82) is 0 Å². The second kappa shape index (κ2) is 28.7. The van der Waals surface area contributed by atoms with E-state index in [4.69, 9.17) is 48.7 Å². The molecule has 0 amide bonds. The van der Waals surface area contributed by atoms with Gasteiger partial charge in [0.05, 0.1) is 28.2 Å². The molecule has 0 bridgehead atoms. The molecule has 0 saturated heterocycles. The molecule has 0 unspecified atom stereocenters. The maximum Gasteiger partial charge on any atom is 0.180 e. The summed E-state index contributed by atoms with van der Waals surface area (Å²) in [5, 5.41) is 6.36. The Balaban J connectivity index is 0.000000147. The minimum absolute atomic E-state index is 0.597. The van der Waals surface area contributed by atoms with Crippen LogP contribution in [0.3, 0.4) is 0 Å². The number of hydrogen-bond acceptors (Lipinski definition) is 12. The van der Waals surface area contributed by atoms with Crippen molar-refractivity contribution in [1.82, 2.24) is 49.8 Å².